The number of hydrogen-bond donors (Lipinski definition) is 1. The molecule has 0 aliphatic heterocycles. The van der Waals surface area contributed by atoms with Crippen LogP contribution < -0.4 is 5.56 Å². The highest BCUT2D eigenvalue weighted by molar-refractivity contribution is 7.98. The van der Waals surface area contributed by atoms with Gasteiger partial charge in [0.05, 0.1) is 9.82 Å². The molecule has 0 unspecified atom stereocenters. The topological polar surface area (TPSA) is 102 Å². The molecule has 0 atom stereocenters. The summed E-state index contributed by atoms with van der Waals surface area (Å²) in [6, 6.07) is 10.6. The smallest absolute Gasteiger partial charge is 0.418 e. The molecule has 2 aromatic rings. The number of rotatable bonds is 4. The number of aromatic nitrogens is 1. The number of nitro groups is 1. The highest BCUT2D eigenvalue weighted by Gasteiger charge is 2.25. The van der Waals surface area contributed by atoms with E-state index in [9.17, 15) is 19.7 Å². The molecule has 0 aliphatic carbocycles. The molecule has 0 bridgehead atoms. The Morgan fingerprint density at radius 1 is 1.36 bits per heavy atom. The highest BCUT2D eigenvalue weighted by atomic mass is 32.2. The van der Waals surface area contributed by atoms with Crippen LogP contribution in [0, 0.1) is 17.0 Å². The Balaban J connectivity index is 2.45. The van der Waals surface area contributed by atoms with E-state index in [4.69, 9.17) is 5.11 Å². The van der Waals surface area contributed by atoms with Crippen LogP contribution in [0.3, 0.4) is 0 Å². The lowest BCUT2D eigenvalue weighted by Crippen LogP contribution is -2.29. The van der Waals surface area contributed by atoms with E-state index in [1.54, 1.807) is 0 Å². The van der Waals surface area contributed by atoms with Crippen molar-refractivity contribution in [2.75, 3.05) is 0 Å². The maximum Gasteiger partial charge on any atom is 0.418 e. The van der Waals surface area contributed by atoms with Gasteiger partial charge in [-0.15, -0.1) is 11.8 Å². The quantitative estimate of drug-likeness (QED) is 0.528. The fraction of sp³-hybridized carbons (Fsp3) is 0.143. The summed E-state index contributed by atoms with van der Waals surface area (Å²) in [4.78, 5) is 33.5. The van der Waals surface area contributed by atoms with Crippen LogP contribution in [-0.4, -0.2) is 20.7 Å². The van der Waals surface area contributed by atoms with Gasteiger partial charge >= 0.3 is 17.3 Å². The van der Waals surface area contributed by atoms with Gasteiger partial charge < -0.3 is 5.11 Å². The molecule has 8 heteroatoms. The first kappa shape index (κ1) is 15.8. The van der Waals surface area contributed by atoms with Crippen molar-refractivity contribution in [2.45, 2.75) is 17.6 Å². The molecule has 2 rings (SSSR count). The Labute approximate surface area is 129 Å². The molecule has 0 radical (unpaired) electrons. The molecule has 0 saturated heterocycles. The maximum absolute atomic E-state index is 12.0. The first-order valence-electron chi connectivity index (χ1n) is 6.23. The zero-order valence-corrected chi connectivity index (χ0v) is 12.4. The van der Waals surface area contributed by atoms with Crippen molar-refractivity contribution in [1.82, 2.24) is 4.57 Å². The molecule has 114 valence electrons. The first-order chi connectivity index (χ1) is 10.4. The second kappa shape index (κ2) is 6.44. The Kier molecular flexibility index (Phi) is 4.62. The molecule has 22 heavy (non-hydrogen) atoms. The van der Waals surface area contributed by atoms with Crippen molar-refractivity contribution >= 4 is 23.5 Å². The van der Waals surface area contributed by atoms with Crippen LogP contribution in [0.4, 0.5) is 10.5 Å². The van der Waals surface area contributed by atoms with Crippen molar-refractivity contribution in [3.05, 3.63) is 68.1 Å². The van der Waals surface area contributed by atoms with Crippen LogP contribution in [0.2, 0.25) is 0 Å². The van der Waals surface area contributed by atoms with E-state index in [1.165, 1.54) is 13.0 Å². The van der Waals surface area contributed by atoms with E-state index in [0.717, 1.165) is 17.3 Å². The predicted molar refractivity (Wildman–Crippen MR) is 81.5 cm³/mol. The summed E-state index contributed by atoms with van der Waals surface area (Å²) in [6.45, 7) is 1.42. The maximum atomic E-state index is 12.0. The largest absolute Gasteiger partial charge is 0.464 e. The van der Waals surface area contributed by atoms with Crippen molar-refractivity contribution in [1.29, 1.82) is 0 Å². The van der Waals surface area contributed by atoms with E-state index >= 15 is 0 Å². The molecule has 7 nitrogen and oxygen atoms in total. The van der Waals surface area contributed by atoms with Gasteiger partial charge in [-0.25, -0.2) is 9.36 Å². The van der Waals surface area contributed by atoms with E-state index in [-0.39, 0.29) is 10.6 Å². The van der Waals surface area contributed by atoms with Crippen LogP contribution in [-0.2, 0) is 5.75 Å². The van der Waals surface area contributed by atoms with Gasteiger partial charge in [-0.05, 0) is 18.6 Å². The Morgan fingerprint density at radius 2 is 2.00 bits per heavy atom. The number of carboxylic acid groups (broad SMARTS) is 1. The summed E-state index contributed by atoms with van der Waals surface area (Å²) in [7, 11) is 0. The minimum atomic E-state index is -1.54. The zero-order valence-electron chi connectivity index (χ0n) is 11.6. The average Bonchev–Trinajstić information content (AvgIpc) is 2.44. The van der Waals surface area contributed by atoms with Crippen LogP contribution in [0.15, 0.2) is 46.1 Å². The fourth-order valence-corrected chi connectivity index (χ4v) is 3.01. The lowest BCUT2D eigenvalue weighted by molar-refractivity contribution is -0.389. The summed E-state index contributed by atoms with van der Waals surface area (Å²) in [5, 5.41) is 20.1. The van der Waals surface area contributed by atoms with E-state index in [0.29, 0.717) is 10.3 Å². The minimum Gasteiger partial charge on any atom is -0.464 e. The number of thioether (sulfide) groups is 1. The SMILES string of the molecule is Cc1cc(SCc2ccccc2)c([N+](=O)[O-])c(=O)n1C(=O)O. The Bertz CT molecular complexity index is 786. The molecular formula is C14H12N2O5S. The summed E-state index contributed by atoms with van der Waals surface area (Å²) in [5.41, 5.74) is -0.762. The Hall–Kier alpha value is -2.61. The minimum absolute atomic E-state index is 0.138. The van der Waals surface area contributed by atoms with Crippen molar-refractivity contribution in [3.8, 4) is 0 Å². The number of aryl methyl sites for hydroxylation is 1. The second-order valence-corrected chi connectivity index (χ2v) is 5.47. The average molecular weight is 320 g/mol. The van der Waals surface area contributed by atoms with E-state index < -0.39 is 22.3 Å². The summed E-state index contributed by atoms with van der Waals surface area (Å²) in [5.74, 6) is 0.442. The number of carbonyl (C=O) groups is 1. The van der Waals surface area contributed by atoms with Gasteiger partial charge in [0, 0.05) is 11.4 Å². The molecule has 1 N–H and O–H groups in total. The van der Waals surface area contributed by atoms with Gasteiger partial charge in [0.25, 0.3) is 0 Å². The van der Waals surface area contributed by atoms with Crippen molar-refractivity contribution in [3.63, 3.8) is 0 Å². The van der Waals surface area contributed by atoms with Crippen LogP contribution in [0.1, 0.15) is 11.3 Å². The molecule has 0 spiro atoms. The molecule has 0 aliphatic rings. The standard InChI is InChI=1S/C14H12N2O5S/c1-9-7-11(22-8-10-5-3-2-4-6-10)12(16(20)21)13(17)15(9)14(18)19/h2-7H,8H2,1H3,(H,18,19). The van der Waals surface area contributed by atoms with Gasteiger partial charge in [-0.1, -0.05) is 30.3 Å². The van der Waals surface area contributed by atoms with Gasteiger partial charge in [0.2, 0.25) is 0 Å². The third-order valence-electron chi connectivity index (χ3n) is 2.94. The highest BCUT2D eigenvalue weighted by Crippen LogP contribution is 2.29. The lowest BCUT2D eigenvalue weighted by atomic mass is 10.2. The van der Waals surface area contributed by atoms with Gasteiger partial charge in [-0.2, -0.15) is 0 Å². The number of pyridine rings is 1. The third-order valence-corrected chi connectivity index (χ3v) is 4.04. The van der Waals surface area contributed by atoms with Crippen LogP contribution in [0.5, 0.6) is 0 Å². The summed E-state index contributed by atoms with van der Waals surface area (Å²) >= 11 is 1.13. The van der Waals surface area contributed by atoms with Gasteiger partial charge in [0.1, 0.15) is 0 Å². The van der Waals surface area contributed by atoms with Crippen LogP contribution in [0.25, 0.3) is 0 Å². The van der Waals surface area contributed by atoms with Gasteiger partial charge in [0.15, 0.2) is 0 Å². The number of nitrogens with zero attached hydrogens (tertiary/aromatic N) is 2. The van der Waals surface area contributed by atoms with E-state index in [1.807, 2.05) is 30.3 Å². The first-order valence-corrected chi connectivity index (χ1v) is 7.21. The summed E-state index contributed by atoms with van der Waals surface area (Å²) < 4.78 is 0.380. The molecule has 1 aromatic heterocycles. The Morgan fingerprint density at radius 3 is 2.55 bits per heavy atom. The van der Waals surface area contributed by atoms with Crippen LogP contribution >= 0.6 is 11.8 Å². The molecule has 0 amide bonds. The molecule has 1 heterocycles. The summed E-state index contributed by atoms with van der Waals surface area (Å²) in [6.07, 6.45) is -1.54. The number of hydrogen-bond acceptors (Lipinski definition) is 5. The molecule has 1 aromatic carbocycles. The van der Waals surface area contributed by atoms with Gasteiger partial charge in [-0.3, -0.25) is 14.9 Å². The third kappa shape index (κ3) is 3.17. The number of benzene rings is 1. The molecule has 0 saturated carbocycles. The normalized spacial score (nSPS) is 10.4. The lowest BCUT2D eigenvalue weighted by Gasteiger charge is -2.08. The monoisotopic (exact) mass is 320 g/mol. The fourth-order valence-electron chi connectivity index (χ4n) is 1.95. The predicted octanol–water partition coefficient (Wildman–Crippen LogP) is 2.88. The molecular weight excluding hydrogens is 308 g/mol. The van der Waals surface area contributed by atoms with Crippen molar-refractivity contribution < 1.29 is 14.8 Å². The molecule has 0 fully saturated rings. The van der Waals surface area contributed by atoms with E-state index in [2.05, 4.69) is 0 Å². The second-order valence-electron chi connectivity index (χ2n) is 4.45. The van der Waals surface area contributed by atoms with Crippen molar-refractivity contribution in [2.24, 2.45) is 0 Å². The zero-order chi connectivity index (χ0) is 16.3.